The summed E-state index contributed by atoms with van der Waals surface area (Å²) in [4.78, 5) is 14.7. The molecule has 0 radical (unpaired) electrons. The number of aromatic nitrogens is 3. The fraction of sp³-hybridized carbons (Fsp3) is 0.500. The number of urea groups is 1. The van der Waals surface area contributed by atoms with Crippen LogP contribution in [-0.2, 0) is 6.42 Å². The molecule has 2 heterocycles. The number of benzene rings is 1. The third-order valence-corrected chi connectivity index (χ3v) is 4.60. The van der Waals surface area contributed by atoms with Gasteiger partial charge in [0.15, 0.2) is 0 Å². The molecule has 0 bridgehead atoms. The van der Waals surface area contributed by atoms with Gasteiger partial charge in [0.2, 0.25) is 0 Å². The van der Waals surface area contributed by atoms with E-state index in [1.807, 2.05) is 22.8 Å². The highest BCUT2D eigenvalue weighted by Gasteiger charge is 2.11. The number of likely N-dealkylation sites (tertiary alicyclic amines) is 1. The molecule has 7 nitrogen and oxygen atoms in total. The zero-order valence-electron chi connectivity index (χ0n) is 14.7. The van der Waals surface area contributed by atoms with Crippen LogP contribution in [-0.4, -0.2) is 51.9 Å². The summed E-state index contributed by atoms with van der Waals surface area (Å²) in [6.07, 6.45) is 8.00. The summed E-state index contributed by atoms with van der Waals surface area (Å²) in [5.74, 6) is 0. The maximum Gasteiger partial charge on any atom is 0.319 e. The Balaban J connectivity index is 1.56. The van der Waals surface area contributed by atoms with Crippen molar-refractivity contribution in [2.24, 2.45) is 0 Å². The van der Waals surface area contributed by atoms with Crippen LogP contribution in [0, 0.1) is 0 Å². The molecular weight excluding hydrogens is 316 g/mol. The Morgan fingerprint density at radius 2 is 1.92 bits per heavy atom. The van der Waals surface area contributed by atoms with Crippen LogP contribution < -0.4 is 10.6 Å². The Labute approximate surface area is 148 Å². The number of carbonyl (C=O) groups excluding carboxylic acids is 1. The third kappa shape index (κ3) is 4.79. The highest BCUT2D eigenvalue weighted by atomic mass is 16.2. The van der Waals surface area contributed by atoms with E-state index in [0.717, 1.165) is 43.0 Å². The predicted molar refractivity (Wildman–Crippen MR) is 98.0 cm³/mol. The number of nitrogens with one attached hydrogen (secondary N) is 2. The van der Waals surface area contributed by atoms with Crippen LogP contribution in [0.15, 0.2) is 30.9 Å². The molecular formula is C18H26N6O. The molecule has 1 saturated heterocycles. The maximum atomic E-state index is 12.2. The van der Waals surface area contributed by atoms with Gasteiger partial charge < -0.3 is 15.5 Å². The molecule has 0 atom stereocenters. The molecule has 0 spiro atoms. The Bertz CT molecular complexity index is 679. The fourth-order valence-electron chi connectivity index (χ4n) is 3.16. The van der Waals surface area contributed by atoms with Crippen molar-refractivity contribution in [3.8, 4) is 5.69 Å². The van der Waals surface area contributed by atoms with E-state index in [2.05, 4.69) is 32.7 Å². The van der Waals surface area contributed by atoms with E-state index in [0.29, 0.717) is 6.54 Å². The standard InChI is InChI=1S/C18H26N6O/c1-2-15-6-7-16(24-13-20-21-14-24)12-17(15)22-18(25)19-8-11-23-9-4-3-5-10-23/h6-7,12-14H,2-5,8-11H2,1H3,(H2,19,22,25). The molecule has 3 rings (SSSR count). The topological polar surface area (TPSA) is 75.1 Å². The first-order chi connectivity index (χ1) is 12.3. The summed E-state index contributed by atoms with van der Waals surface area (Å²) in [5.41, 5.74) is 2.85. The number of rotatable bonds is 6. The largest absolute Gasteiger partial charge is 0.337 e. The minimum Gasteiger partial charge on any atom is -0.337 e. The van der Waals surface area contributed by atoms with Crippen LogP contribution in [0.2, 0.25) is 0 Å². The number of nitrogens with zero attached hydrogens (tertiary/aromatic N) is 4. The Kier molecular flexibility index (Phi) is 6.00. The Morgan fingerprint density at radius 1 is 1.16 bits per heavy atom. The lowest BCUT2D eigenvalue weighted by atomic mass is 10.1. The minimum atomic E-state index is -0.160. The van der Waals surface area contributed by atoms with Crippen molar-refractivity contribution in [3.05, 3.63) is 36.4 Å². The van der Waals surface area contributed by atoms with Crippen LogP contribution in [0.3, 0.4) is 0 Å². The quantitative estimate of drug-likeness (QED) is 0.845. The van der Waals surface area contributed by atoms with Gasteiger partial charge in [-0.15, -0.1) is 10.2 Å². The molecule has 1 fully saturated rings. The molecule has 7 heteroatoms. The molecule has 1 aliphatic rings. The number of aryl methyl sites for hydroxylation is 1. The van der Waals surface area contributed by atoms with Gasteiger partial charge in [0.25, 0.3) is 0 Å². The van der Waals surface area contributed by atoms with Crippen LogP contribution >= 0.6 is 0 Å². The molecule has 0 unspecified atom stereocenters. The number of hydrogen-bond donors (Lipinski definition) is 2. The first-order valence-corrected chi connectivity index (χ1v) is 9.01. The molecule has 2 N–H and O–H groups in total. The van der Waals surface area contributed by atoms with Gasteiger partial charge in [-0.1, -0.05) is 19.4 Å². The van der Waals surface area contributed by atoms with Crippen molar-refractivity contribution >= 4 is 11.7 Å². The van der Waals surface area contributed by atoms with E-state index in [9.17, 15) is 4.79 Å². The summed E-state index contributed by atoms with van der Waals surface area (Å²) in [7, 11) is 0. The first-order valence-electron chi connectivity index (χ1n) is 9.01. The number of anilines is 1. The van der Waals surface area contributed by atoms with Crippen LogP contribution in [0.4, 0.5) is 10.5 Å². The van der Waals surface area contributed by atoms with E-state index < -0.39 is 0 Å². The average Bonchev–Trinajstić information content (AvgIpc) is 3.17. The molecule has 0 aliphatic carbocycles. The second-order valence-electron chi connectivity index (χ2n) is 6.35. The SMILES string of the molecule is CCc1ccc(-n2cnnc2)cc1NC(=O)NCCN1CCCCC1. The molecule has 1 aromatic heterocycles. The van der Waals surface area contributed by atoms with Gasteiger partial charge in [-0.2, -0.15) is 0 Å². The normalized spacial score (nSPS) is 15.1. The highest BCUT2D eigenvalue weighted by Crippen LogP contribution is 2.20. The predicted octanol–water partition coefficient (Wildman–Crippen LogP) is 2.44. The molecule has 2 amide bonds. The van der Waals surface area contributed by atoms with E-state index in [1.165, 1.54) is 19.3 Å². The van der Waals surface area contributed by atoms with Crippen LogP contribution in [0.25, 0.3) is 5.69 Å². The average molecular weight is 342 g/mol. The van der Waals surface area contributed by atoms with Gasteiger partial charge in [0.1, 0.15) is 12.7 Å². The van der Waals surface area contributed by atoms with E-state index >= 15 is 0 Å². The van der Waals surface area contributed by atoms with E-state index in [-0.39, 0.29) is 6.03 Å². The Morgan fingerprint density at radius 3 is 2.64 bits per heavy atom. The third-order valence-electron chi connectivity index (χ3n) is 4.60. The van der Waals surface area contributed by atoms with Crippen molar-refractivity contribution in [2.45, 2.75) is 32.6 Å². The summed E-state index contributed by atoms with van der Waals surface area (Å²) in [5, 5.41) is 13.6. The maximum absolute atomic E-state index is 12.2. The lowest BCUT2D eigenvalue weighted by molar-refractivity contribution is 0.224. The zero-order valence-corrected chi connectivity index (χ0v) is 14.7. The minimum absolute atomic E-state index is 0.160. The van der Waals surface area contributed by atoms with Gasteiger partial charge in [0, 0.05) is 18.8 Å². The summed E-state index contributed by atoms with van der Waals surface area (Å²) in [6, 6.07) is 5.82. The second kappa shape index (κ2) is 8.62. The van der Waals surface area contributed by atoms with Crippen LogP contribution in [0.1, 0.15) is 31.7 Å². The van der Waals surface area contributed by atoms with Gasteiger partial charge in [-0.05, 0) is 50.0 Å². The van der Waals surface area contributed by atoms with Crippen molar-refractivity contribution in [1.29, 1.82) is 0 Å². The number of carbonyl (C=O) groups is 1. The Hall–Kier alpha value is -2.41. The fourth-order valence-corrected chi connectivity index (χ4v) is 3.16. The summed E-state index contributed by atoms with van der Waals surface area (Å²) >= 11 is 0. The smallest absolute Gasteiger partial charge is 0.319 e. The van der Waals surface area contributed by atoms with Gasteiger partial charge >= 0.3 is 6.03 Å². The highest BCUT2D eigenvalue weighted by molar-refractivity contribution is 5.90. The molecule has 1 aliphatic heterocycles. The number of amides is 2. The monoisotopic (exact) mass is 342 g/mol. The van der Waals surface area contributed by atoms with Gasteiger partial charge in [0.05, 0.1) is 5.69 Å². The lowest BCUT2D eigenvalue weighted by Crippen LogP contribution is -2.39. The van der Waals surface area contributed by atoms with Crippen molar-refractivity contribution in [1.82, 2.24) is 25.0 Å². The molecule has 134 valence electrons. The zero-order chi connectivity index (χ0) is 17.5. The summed E-state index contributed by atoms with van der Waals surface area (Å²) < 4.78 is 1.82. The number of piperidine rings is 1. The molecule has 2 aromatic rings. The lowest BCUT2D eigenvalue weighted by Gasteiger charge is -2.26. The van der Waals surface area contributed by atoms with Crippen LogP contribution in [0.5, 0.6) is 0 Å². The molecule has 1 aromatic carbocycles. The van der Waals surface area contributed by atoms with Gasteiger partial charge in [-0.25, -0.2) is 4.79 Å². The van der Waals surface area contributed by atoms with E-state index in [1.54, 1.807) is 12.7 Å². The van der Waals surface area contributed by atoms with Crippen molar-refractivity contribution in [2.75, 3.05) is 31.5 Å². The summed E-state index contributed by atoms with van der Waals surface area (Å²) in [6.45, 7) is 5.94. The first kappa shape index (κ1) is 17.4. The second-order valence-corrected chi connectivity index (χ2v) is 6.35. The van der Waals surface area contributed by atoms with Crippen molar-refractivity contribution in [3.63, 3.8) is 0 Å². The number of hydrogen-bond acceptors (Lipinski definition) is 4. The molecule has 25 heavy (non-hydrogen) atoms. The molecule has 0 saturated carbocycles. The van der Waals surface area contributed by atoms with Crippen molar-refractivity contribution < 1.29 is 4.79 Å². The van der Waals surface area contributed by atoms with Gasteiger partial charge in [-0.3, -0.25) is 4.57 Å². The van der Waals surface area contributed by atoms with E-state index in [4.69, 9.17) is 0 Å².